The number of hydrogen-bond acceptors (Lipinski definition) is 4. The minimum atomic E-state index is -0.145. The lowest BCUT2D eigenvalue weighted by Crippen LogP contribution is -2.26. The van der Waals surface area contributed by atoms with Gasteiger partial charge in [-0.25, -0.2) is 4.98 Å². The summed E-state index contributed by atoms with van der Waals surface area (Å²) in [6, 6.07) is 11.1. The standard InChI is InChI=1S/C16H19N3O2/c1-11(12-4-7-14(21-3)8-5-12)19-16(20)13-6-9-15(17-2)18-10-13/h4-11H,1-3H3,(H,17,18)(H,19,20). The van der Waals surface area contributed by atoms with Gasteiger partial charge in [-0.3, -0.25) is 4.79 Å². The SMILES string of the molecule is CNc1ccc(C(=O)NC(C)c2ccc(OC)cc2)cn1. The third-order valence-corrected chi connectivity index (χ3v) is 3.25. The number of nitrogens with one attached hydrogen (secondary N) is 2. The summed E-state index contributed by atoms with van der Waals surface area (Å²) in [7, 11) is 3.41. The van der Waals surface area contributed by atoms with Gasteiger partial charge in [0.05, 0.1) is 18.7 Å². The molecule has 0 fully saturated rings. The molecule has 0 bridgehead atoms. The van der Waals surface area contributed by atoms with Crippen LogP contribution < -0.4 is 15.4 Å². The van der Waals surface area contributed by atoms with Crippen LogP contribution in [0.5, 0.6) is 5.75 Å². The summed E-state index contributed by atoms with van der Waals surface area (Å²) < 4.78 is 5.12. The monoisotopic (exact) mass is 285 g/mol. The fourth-order valence-corrected chi connectivity index (χ4v) is 1.93. The van der Waals surface area contributed by atoms with E-state index in [1.54, 1.807) is 32.5 Å². The average molecular weight is 285 g/mol. The minimum Gasteiger partial charge on any atom is -0.497 e. The van der Waals surface area contributed by atoms with E-state index < -0.39 is 0 Å². The third kappa shape index (κ3) is 3.72. The summed E-state index contributed by atoms with van der Waals surface area (Å²) in [6.45, 7) is 1.94. The molecule has 1 amide bonds. The van der Waals surface area contributed by atoms with Crippen LogP contribution in [-0.4, -0.2) is 25.0 Å². The van der Waals surface area contributed by atoms with Gasteiger partial charge >= 0.3 is 0 Å². The van der Waals surface area contributed by atoms with E-state index >= 15 is 0 Å². The van der Waals surface area contributed by atoms with Crippen molar-refractivity contribution >= 4 is 11.7 Å². The molecule has 1 aromatic carbocycles. The fraction of sp³-hybridized carbons (Fsp3) is 0.250. The van der Waals surface area contributed by atoms with Gasteiger partial charge in [-0.05, 0) is 36.8 Å². The number of nitrogens with zero attached hydrogens (tertiary/aromatic N) is 1. The van der Waals surface area contributed by atoms with Crippen LogP contribution in [0, 0.1) is 0 Å². The van der Waals surface area contributed by atoms with Crippen molar-refractivity contribution in [3.8, 4) is 5.75 Å². The van der Waals surface area contributed by atoms with Crippen molar-refractivity contribution in [3.63, 3.8) is 0 Å². The van der Waals surface area contributed by atoms with Crippen LogP contribution in [0.2, 0.25) is 0 Å². The summed E-state index contributed by atoms with van der Waals surface area (Å²) in [5, 5.41) is 5.86. The molecular formula is C16H19N3O2. The Labute approximate surface area is 124 Å². The molecule has 0 aliphatic carbocycles. The van der Waals surface area contributed by atoms with E-state index in [-0.39, 0.29) is 11.9 Å². The lowest BCUT2D eigenvalue weighted by Gasteiger charge is -2.15. The minimum absolute atomic E-state index is 0.0904. The van der Waals surface area contributed by atoms with Gasteiger partial charge in [-0.2, -0.15) is 0 Å². The highest BCUT2D eigenvalue weighted by atomic mass is 16.5. The van der Waals surface area contributed by atoms with Gasteiger partial charge in [-0.1, -0.05) is 12.1 Å². The molecule has 2 aromatic rings. The first-order valence-electron chi connectivity index (χ1n) is 6.72. The zero-order valence-corrected chi connectivity index (χ0v) is 12.4. The van der Waals surface area contributed by atoms with E-state index in [9.17, 15) is 4.79 Å². The van der Waals surface area contributed by atoms with E-state index in [2.05, 4.69) is 15.6 Å². The van der Waals surface area contributed by atoms with Crippen molar-refractivity contribution in [3.05, 3.63) is 53.7 Å². The van der Waals surface area contributed by atoms with Crippen LogP contribution in [0.15, 0.2) is 42.6 Å². The van der Waals surface area contributed by atoms with Gasteiger partial charge in [0.15, 0.2) is 0 Å². The van der Waals surface area contributed by atoms with Gasteiger partial charge in [-0.15, -0.1) is 0 Å². The topological polar surface area (TPSA) is 63.2 Å². The molecule has 21 heavy (non-hydrogen) atoms. The van der Waals surface area contributed by atoms with Crippen molar-refractivity contribution in [2.75, 3.05) is 19.5 Å². The molecule has 0 saturated carbocycles. The van der Waals surface area contributed by atoms with E-state index in [4.69, 9.17) is 4.74 Å². The summed E-state index contributed by atoms with van der Waals surface area (Å²) in [5.74, 6) is 1.38. The van der Waals surface area contributed by atoms with Crippen molar-refractivity contribution in [1.29, 1.82) is 0 Å². The molecule has 0 spiro atoms. The second-order valence-electron chi connectivity index (χ2n) is 4.65. The maximum Gasteiger partial charge on any atom is 0.253 e. The molecule has 1 aromatic heterocycles. The summed E-state index contributed by atoms with van der Waals surface area (Å²) >= 11 is 0. The second-order valence-corrected chi connectivity index (χ2v) is 4.65. The van der Waals surface area contributed by atoms with Crippen LogP contribution in [0.3, 0.4) is 0 Å². The first-order valence-corrected chi connectivity index (χ1v) is 6.72. The van der Waals surface area contributed by atoms with E-state index in [0.29, 0.717) is 5.56 Å². The molecular weight excluding hydrogens is 266 g/mol. The number of carbonyl (C=O) groups excluding carboxylic acids is 1. The predicted octanol–water partition coefficient (Wildman–Crippen LogP) is 2.62. The zero-order valence-electron chi connectivity index (χ0n) is 12.4. The van der Waals surface area contributed by atoms with Crippen molar-refractivity contribution < 1.29 is 9.53 Å². The number of methoxy groups -OCH3 is 1. The van der Waals surface area contributed by atoms with Crippen LogP contribution in [0.4, 0.5) is 5.82 Å². The molecule has 0 aliphatic rings. The summed E-state index contributed by atoms with van der Waals surface area (Å²) in [5.41, 5.74) is 1.55. The van der Waals surface area contributed by atoms with Gasteiger partial charge in [0.1, 0.15) is 11.6 Å². The van der Waals surface area contributed by atoms with Crippen LogP contribution in [0.1, 0.15) is 28.9 Å². The number of benzene rings is 1. The molecule has 0 aliphatic heterocycles. The van der Waals surface area contributed by atoms with Crippen LogP contribution >= 0.6 is 0 Å². The summed E-state index contributed by atoms with van der Waals surface area (Å²) in [6.07, 6.45) is 1.56. The van der Waals surface area contributed by atoms with E-state index in [1.807, 2.05) is 31.2 Å². The molecule has 2 N–H and O–H groups in total. The molecule has 5 heteroatoms. The van der Waals surface area contributed by atoms with E-state index in [0.717, 1.165) is 17.1 Å². The van der Waals surface area contributed by atoms with Gasteiger partial charge < -0.3 is 15.4 Å². The Balaban J connectivity index is 2.03. The van der Waals surface area contributed by atoms with Gasteiger partial charge in [0.2, 0.25) is 0 Å². The zero-order chi connectivity index (χ0) is 15.2. The Hall–Kier alpha value is -2.56. The Morgan fingerprint density at radius 2 is 1.90 bits per heavy atom. The number of aromatic nitrogens is 1. The molecule has 0 saturated heterocycles. The van der Waals surface area contributed by atoms with Gasteiger partial charge in [0.25, 0.3) is 5.91 Å². The largest absolute Gasteiger partial charge is 0.497 e. The molecule has 1 unspecified atom stereocenters. The lowest BCUT2D eigenvalue weighted by atomic mass is 10.1. The molecule has 110 valence electrons. The quantitative estimate of drug-likeness (QED) is 0.886. The first-order chi connectivity index (χ1) is 10.1. The normalized spacial score (nSPS) is 11.6. The number of anilines is 1. The van der Waals surface area contributed by atoms with Crippen molar-refractivity contribution in [2.24, 2.45) is 0 Å². The Morgan fingerprint density at radius 1 is 1.19 bits per heavy atom. The third-order valence-electron chi connectivity index (χ3n) is 3.25. The maximum atomic E-state index is 12.2. The van der Waals surface area contributed by atoms with Crippen molar-refractivity contribution in [2.45, 2.75) is 13.0 Å². The number of pyridine rings is 1. The van der Waals surface area contributed by atoms with Gasteiger partial charge in [0, 0.05) is 13.2 Å². The molecule has 1 atom stereocenters. The maximum absolute atomic E-state index is 12.2. The highest BCUT2D eigenvalue weighted by Crippen LogP contribution is 2.17. The molecule has 5 nitrogen and oxygen atoms in total. The molecule has 1 heterocycles. The highest BCUT2D eigenvalue weighted by Gasteiger charge is 2.11. The fourth-order valence-electron chi connectivity index (χ4n) is 1.93. The number of amides is 1. The Bertz CT molecular complexity index is 594. The van der Waals surface area contributed by atoms with Crippen molar-refractivity contribution in [1.82, 2.24) is 10.3 Å². The number of rotatable bonds is 5. The second kappa shape index (κ2) is 6.74. The molecule has 2 rings (SSSR count). The Morgan fingerprint density at radius 3 is 2.43 bits per heavy atom. The lowest BCUT2D eigenvalue weighted by molar-refractivity contribution is 0.0939. The Kier molecular flexibility index (Phi) is 4.77. The number of hydrogen-bond donors (Lipinski definition) is 2. The smallest absolute Gasteiger partial charge is 0.253 e. The van der Waals surface area contributed by atoms with Crippen LogP contribution in [-0.2, 0) is 0 Å². The van der Waals surface area contributed by atoms with Crippen LogP contribution in [0.25, 0.3) is 0 Å². The highest BCUT2D eigenvalue weighted by molar-refractivity contribution is 5.94. The number of carbonyl (C=O) groups is 1. The van der Waals surface area contributed by atoms with E-state index in [1.165, 1.54) is 0 Å². The first kappa shape index (κ1) is 14.8. The predicted molar refractivity (Wildman–Crippen MR) is 82.7 cm³/mol. The average Bonchev–Trinajstić information content (AvgIpc) is 2.55. The number of ether oxygens (including phenoxy) is 1. The molecule has 0 radical (unpaired) electrons. The summed E-state index contributed by atoms with van der Waals surface area (Å²) in [4.78, 5) is 16.3.